The first-order valence-corrected chi connectivity index (χ1v) is 15.1. The fourth-order valence-corrected chi connectivity index (χ4v) is 10.4. The van der Waals surface area contributed by atoms with Gasteiger partial charge in [-0.25, -0.2) is 4.85 Å². The van der Waals surface area contributed by atoms with E-state index in [0.29, 0.717) is 6.42 Å². The van der Waals surface area contributed by atoms with Crippen molar-refractivity contribution in [2.75, 3.05) is 6.54 Å². The van der Waals surface area contributed by atoms with Crippen LogP contribution in [-0.4, -0.2) is 29.8 Å². The topological polar surface area (TPSA) is 84.7 Å². The standard InChI is InChI=1S/C34H46N2O4/c1-20(37)36-19-26(39)31(5)13-12-30(4)14-15-34(8)27(21(30)17-31)23(38)16-25-32(6)18-22(35-9)28(40)29(2,3)24(32)10-11-33(25,34)7/h16,18,21,24,27H,10-15,17,19H2,1-8H3,(H,36,37)/t21-,24-,27-,30+,31-,32-,33+,34+/m0/s1. The van der Waals surface area contributed by atoms with Crippen LogP contribution in [0.25, 0.3) is 4.85 Å². The molecule has 8 atom stereocenters. The molecule has 1 amide bonds. The number of hydrogen-bond acceptors (Lipinski definition) is 4. The van der Waals surface area contributed by atoms with Gasteiger partial charge >= 0.3 is 0 Å². The van der Waals surface area contributed by atoms with Crippen LogP contribution < -0.4 is 5.32 Å². The predicted octanol–water partition coefficient (Wildman–Crippen LogP) is 6.26. The van der Waals surface area contributed by atoms with Gasteiger partial charge in [-0.1, -0.05) is 60.1 Å². The maximum Gasteiger partial charge on any atom is 0.226 e. The number of hydrogen-bond donors (Lipinski definition) is 1. The molecule has 0 spiro atoms. The Morgan fingerprint density at radius 2 is 1.65 bits per heavy atom. The minimum atomic E-state index is -0.670. The van der Waals surface area contributed by atoms with Gasteiger partial charge in [0.25, 0.3) is 0 Å². The van der Waals surface area contributed by atoms with E-state index in [1.54, 1.807) is 0 Å². The molecule has 5 aliphatic rings. The van der Waals surface area contributed by atoms with Crippen molar-refractivity contribution >= 4 is 23.3 Å². The van der Waals surface area contributed by atoms with Crippen molar-refractivity contribution in [2.45, 2.75) is 100 Å². The lowest BCUT2D eigenvalue weighted by Gasteiger charge is -2.69. The van der Waals surface area contributed by atoms with Crippen LogP contribution in [0.3, 0.4) is 0 Å². The number of carbonyl (C=O) groups is 4. The number of rotatable bonds is 3. The van der Waals surface area contributed by atoms with Gasteiger partial charge in [0, 0.05) is 29.1 Å². The van der Waals surface area contributed by atoms with E-state index < -0.39 is 16.2 Å². The zero-order valence-electron chi connectivity index (χ0n) is 25.6. The van der Waals surface area contributed by atoms with Crippen LogP contribution in [0.15, 0.2) is 23.4 Å². The molecule has 0 aromatic heterocycles. The third-order valence-corrected chi connectivity index (χ3v) is 13.2. The molecule has 6 nitrogen and oxygen atoms in total. The summed E-state index contributed by atoms with van der Waals surface area (Å²) in [5.74, 6) is -0.153. The average molecular weight is 547 g/mol. The Hall–Kier alpha value is -2.55. The van der Waals surface area contributed by atoms with Gasteiger partial charge in [-0.3, -0.25) is 14.4 Å². The lowest BCUT2D eigenvalue weighted by molar-refractivity contribution is -0.172. The van der Waals surface area contributed by atoms with E-state index >= 15 is 0 Å². The van der Waals surface area contributed by atoms with Crippen molar-refractivity contribution < 1.29 is 19.2 Å². The first kappa shape index (κ1) is 29.0. The summed E-state index contributed by atoms with van der Waals surface area (Å²) in [5.41, 5.74) is -1.03. The normalized spacial score (nSPS) is 45.4. The summed E-state index contributed by atoms with van der Waals surface area (Å²) in [6, 6.07) is 0. The van der Waals surface area contributed by atoms with Gasteiger partial charge in [0.2, 0.25) is 11.6 Å². The van der Waals surface area contributed by atoms with Crippen LogP contribution in [0.4, 0.5) is 0 Å². The summed E-state index contributed by atoms with van der Waals surface area (Å²) < 4.78 is 0. The highest BCUT2D eigenvalue weighted by Crippen LogP contribution is 2.74. The lowest BCUT2D eigenvalue weighted by Crippen LogP contribution is -2.64. The van der Waals surface area contributed by atoms with Gasteiger partial charge in [-0.2, -0.15) is 0 Å². The Bertz CT molecular complexity index is 1320. The molecule has 1 N–H and O–H groups in total. The van der Waals surface area contributed by atoms with Crippen molar-refractivity contribution in [1.29, 1.82) is 0 Å². The van der Waals surface area contributed by atoms with Crippen LogP contribution in [0, 0.1) is 56.8 Å². The van der Waals surface area contributed by atoms with Gasteiger partial charge < -0.3 is 10.1 Å². The van der Waals surface area contributed by atoms with Crippen LogP contribution >= 0.6 is 0 Å². The molecule has 0 unspecified atom stereocenters. The summed E-state index contributed by atoms with van der Waals surface area (Å²) in [6.07, 6.45) is 9.89. The quantitative estimate of drug-likeness (QED) is 0.423. The molecule has 3 fully saturated rings. The maximum atomic E-state index is 14.5. The van der Waals surface area contributed by atoms with Gasteiger partial charge in [0.1, 0.15) is 0 Å². The van der Waals surface area contributed by atoms with Gasteiger partial charge in [0.15, 0.2) is 17.3 Å². The van der Waals surface area contributed by atoms with Gasteiger partial charge in [0.05, 0.1) is 13.1 Å². The number of allylic oxidation sites excluding steroid dienone is 4. The van der Waals surface area contributed by atoms with Crippen molar-refractivity contribution in [2.24, 2.45) is 50.2 Å². The lowest BCUT2D eigenvalue weighted by atomic mass is 9.34. The molecule has 0 bridgehead atoms. The van der Waals surface area contributed by atoms with Crippen LogP contribution in [0.2, 0.25) is 0 Å². The minimum Gasteiger partial charge on any atom is -0.349 e. The number of amides is 1. The molecule has 0 saturated heterocycles. The second kappa shape index (κ2) is 8.73. The van der Waals surface area contributed by atoms with Crippen LogP contribution in [-0.2, 0) is 19.2 Å². The average Bonchev–Trinajstić information content (AvgIpc) is 2.87. The van der Waals surface area contributed by atoms with E-state index in [1.165, 1.54) is 6.92 Å². The number of Topliss-reactive ketones (excluding diaryl/α,β-unsaturated/α-hetero) is 2. The Morgan fingerprint density at radius 3 is 2.27 bits per heavy atom. The summed E-state index contributed by atoms with van der Waals surface area (Å²) in [6.45, 7) is 24.3. The molecule has 0 aromatic rings. The monoisotopic (exact) mass is 546 g/mol. The number of fused-ring (bicyclic) bond motifs is 7. The largest absolute Gasteiger partial charge is 0.349 e. The number of carbonyl (C=O) groups excluding carboxylic acids is 4. The molecule has 3 saturated carbocycles. The van der Waals surface area contributed by atoms with Crippen molar-refractivity contribution in [1.82, 2.24) is 5.32 Å². The molecule has 0 radical (unpaired) electrons. The third kappa shape index (κ3) is 3.64. The van der Waals surface area contributed by atoms with E-state index in [9.17, 15) is 19.2 Å². The molecule has 216 valence electrons. The Morgan fingerprint density at radius 1 is 1.00 bits per heavy atom. The molecule has 5 rings (SSSR count). The smallest absolute Gasteiger partial charge is 0.226 e. The van der Waals surface area contributed by atoms with E-state index in [4.69, 9.17) is 6.57 Å². The maximum absolute atomic E-state index is 14.5. The predicted molar refractivity (Wildman–Crippen MR) is 154 cm³/mol. The number of ketones is 3. The number of nitrogens with zero attached hydrogens (tertiary/aromatic N) is 1. The molecule has 0 aromatic carbocycles. The van der Waals surface area contributed by atoms with E-state index in [-0.39, 0.29) is 69.5 Å². The van der Waals surface area contributed by atoms with Crippen molar-refractivity contribution in [3.63, 3.8) is 0 Å². The minimum absolute atomic E-state index is 0.00709. The first-order chi connectivity index (χ1) is 18.4. The third-order valence-electron chi connectivity index (χ3n) is 13.2. The number of nitrogens with one attached hydrogen (secondary N) is 1. The Balaban J connectivity index is 1.60. The van der Waals surface area contributed by atoms with Crippen molar-refractivity contribution in [3.05, 3.63) is 34.8 Å². The summed E-state index contributed by atoms with van der Waals surface area (Å²) >= 11 is 0. The zero-order chi connectivity index (χ0) is 29.7. The summed E-state index contributed by atoms with van der Waals surface area (Å²) in [4.78, 5) is 56.3. The Kier molecular flexibility index (Phi) is 6.32. The molecular formula is C34H46N2O4. The molecule has 5 aliphatic carbocycles. The molecule has 0 heterocycles. The van der Waals surface area contributed by atoms with E-state index in [1.807, 2.05) is 32.9 Å². The highest BCUT2D eigenvalue weighted by atomic mass is 16.2. The molecular weight excluding hydrogens is 500 g/mol. The summed E-state index contributed by atoms with van der Waals surface area (Å²) in [7, 11) is 0. The van der Waals surface area contributed by atoms with Crippen molar-refractivity contribution in [3.8, 4) is 0 Å². The highest BCUT2D eigenvalue weighted by molar-refractivity contribution is 6.03. The molecule has 40 heavy (non-hydrogen) atoms. The van der Waals surface area contributed by atoms with E-state index in [0.717, 1.165) is 44.1 Å². The fourth-order valence-electron chi connectivity index (χ4n) is 10.4. The van der Waals surface area contributed by atoms with Crippen LogP contribution in [0.1, 0.15) is 100 Å². The van der Waals surface area contributed by atoms with Gasteiger partial charge in [-0.15, -0.1) is 0 Å². The summed E-state index contributed by atoms with van der Waals surface area (Å²) in [5, 5.41) is 2.70. The van der Waals surface area contributed by atoms with Gasteiger partial charge in [-0.05, 0) is 79.1 Å². The highest BCUT2D eigenvalue weighted by Gasteiger charge is 2.69. The van der Waals surface area contributed by atoms with E-state index in [2.05, 4.69) is 37.9 Å². The fraction of sp³-hybridized carbons (Fsp3) is 0.735. The zero-order valence-corrected chi connectivity index (χ0v) is 25.6. The Labute approximate surface area is 239 Å². The molecule has 6 heteroatoms. The first-order valence-electron chi connectivity index (χ1n) is 15.1. The van der Waals surface area contributed by atoms with Crippen LogP contribution in [0.5, 0.6) is 0 Å². The SMILES string of the molecule is [C-]#[N+]C1=C[C@]2(C)C3=CC(=O)[C@@H]4[C@@H]5C[C@@](C)(C(=O)CNC(C)=O)CC[C@]5(C)CC[C@@]4(C)[C@]3(C)CC[C@H]2C(C)(C)C1=O. The second-order valence-electron chi connectivity index (χ2n) is 15.6. The molecule has 0 aliphatic heterocycles. The second-order valence-corrected chi connectivity index (χ2v) is 15.6.